The van der Waals surface area contributed by atoms with Crippen LogP contribution in [0.1, 0.15) is 22.8 Å². The highest BCUT2D eigenvalue weighted by molar-refractivity contribution is 8.18. The van der Waals surface area contributed by atoms with Crippen LogP contribution < -0.4 is 0 Å². The number of benzene rings is 1. The van der Waals surface area contributed by atoms with Crippen LogP contribution in [0.5, 0.6) is 0 Å². The molecule has 2 aromatic heterocycles. The zero-order valence-electron chi connectivity index (χ0n) is 15.0. The van der Waals surface area contributed by atoms with Gasteiger partial charge >= 0.3 is 0 Å². The van der Waals surface area contributed by atoms with Gasteiger partial charge in [0, 0.05) is 5.56 Å². The van der Waals surface area contributed by atoms with Gasteiger partial charge in [0.2, 0.25) is 0 Å². The third-order valence-electron chi connectivity index (χ3n) is 4.13. The largest absolute Gasteiger partial charge is 0.467 e. The molecule has 3 aromatic rings. The molecule has 5 nitrogen and oxygen atoms in total. The van der Waals surface area contributed by atoms with E-state index in [0.29, 0.717) is 22.4 Å². The van der Waals surface area contributed by atoms with Crippen molar-refractivity contribution in [2.45, 2.75) is 20.4 Å². The van der Waals surface area contributed by atoms with Crippen molar-refractivity contribution in [3.63, 3.8) is 0 Å². The molecule has 6 heteroatoms. The Morgan fingerprint density at radius 2 is 1.96 bits per heavy atom. The monoisotopic (exact) mass is 378 g/mol. The zero-order valence-corrected chi connectivity index (χ0v) is 15.8. The van der Waals surface area contributed by atoms with Crippen LogP contribution in [-0.2, 0) is 11.3 Å². The number of thioether (sulfide) groups is 1. The minimum atomic E-state index is -0.0932. The molecule has 3 heterocycles. The summed E-state index contributed by atoms with van der Waals surface area (Å²) in [5.74, 6) is 2.23. The summed E-state index contributed by atoms with van der Waals surface area (Å²) in [4.78, 5) is 20.0. The molecular weight excluding hydrogens is 360 g/mol. The molecule has 1 aliphatic heterocycles. The second-order valence-electron chi connectivity index (χ2n) is 6.18. The second-order valence-corrected chi connectivity index (χ2v) is 7.19. The lowest BCUT2D eigenvalue weighted by molar-refractivity contribution is -0.122. The lowest BCUT2D eigenvalue weighted by Crippen LogP contribution is -2.28. The van der Waals surface area contributed by atoms with E-state index in [0.717, 1.165) is 22.8 Å². The number of hydrogen-bond donors (Lipinski definition) is 0. The van der Waals surface area contributed by atoms with Crippen LogP contribution in [0.3, 0.4) is 0 Å². The number of hydrogen-bond acceptors (Lipinski definition) is 5. The standard InChI is InChI=1S/C21H18N2O3S/c1-14-11-16(15(2)26-14)12-19-20(24)23(13-18-9-6-10-25-18)21(27-19)22-17-7-4-3-5-8-17/h3-12H,13H2,1-2H3/b19-12-,22-21?. The molecule has 0 spiro atoms. The van der Waals surface area contributed by atoms with E-state index in [1.54, 1.807) is 11.2 Å². The molecule has 0 atom stereocenters. The van der Waals surface area contributed by atoms with Crippen molar-refractivity contribution >= 4 is 34.6 Å². The van der Waals surface area contributed by atoms with Crippen LogP contribution in [0.4, 0.5) is 5.69 Å². The first kappa shape index (κ1) is 17.4. The van der Waals surface area contributed by atoms with E-state index in [2.05, 4.69) is 4.99 Å². The summed E-state index contributed by atoms with van der Waals surface area (Å²) in [6.45, 7) is 4.12. The quantitative estimate of drug-likeness (QED) is 0.579. The Bertz CT molecular complexity index is 1020. The Hall–Kier alpha value is -2.99. The topological polar surface area (TPSA) is 59.0 Å². The van der Waals surface area contributed by atoms with Crippen LogP contribution in [0, 0.1) is 13.8 Å². The van der Waals surface area contributed by atoms with Gasteiger partial charge in [0.1, 0.15) is 17.3 Å². The molecule has 27 heavy (non-hydrogen) atoms. The highest BCUT2D eigenvalue weighted by Gasteiger charge is 2.34. The lowest BCUT2D eigenvalue weighted by atomic mass is 10.2. The second kappa shape index (κ2) is 7.32. The third-order valence-corrected chi connectivity index (χ3v) is 5.14. The fourth-order valence-corrected chi connectivity index (χ4v) is 3.83. The van der Waals surface area contributed by atoms with Gasteiger partial charge in [0.25, 0.3) is 5.91 Å². The first-order chi connectivity index (χ1) is 13.1. The third kappa shape index (κ3) is 3.75. The molecule has 136 valence electrons. The number of para-hydroxylation sites is 1. The maximum Gasteiger partial charge on any atom is 0.267 e. The van der Waals surface area contributed by atoms with Gasteiger partial charge in [-0.05, 0) is 62.0 Å². The number of aliphatic imine (C=N–C) groups is 1. The first-order valence-electron chi connectivity index (χ1n) is 8.55. The summed E-state index contributed by atoms with van der Waals surface area (Å²) in [5, 5.41) is 0.631. The van der Waals surface area contributed by atoms with E-state index in [-0.39, 0.29) is 5.91 Å². The van der Waals surface area contributed by atoms with Crippen LogP contribution in [0.15, 0.2) is 73.5 Å². The normalized spacial score (nSPS) is 17.4. The van der Waals surface area contributed by atoms with Gasteiger partial charge in [0.05, 0.1) is 23.4 Å². The number of aryl methyl sites for hydroxylation is 2. The number of rotatable bonds is 4. The highest BCUT2D eigenvalue weighted by atomic mass is 32.2. The zero-order chi connectivity index (χ0) is 18.8. The smallest absolute Gasteiger partial charge is 0.267 e. The van der Waals surface area contributed by atoms with Gasteiger partial charge < -0.3 is 8.83 Å². The number of carbonyl (C=O) groups is 1. The predicted octanol–water partition coefficient (Wildman–Crippen LogP) is 5.29. The molecule has 0 aliphatic carbocycles. The van der Waals surface area contributed by atoms with Gasteiger partial charge in [-0.3, -0.25) is 9.69 Å². The molecule has 1 aliphatic rings. The molecule has 1 fully saturated rings. The van der Waals surface area contributed by atoms with Crippen molar-refractivity contribution in [1.82, 2.24) is 4.90 Å². The molecule has 1 aromatic carbocycles. The van der Waals surface area contributed by atoms with Gasteiger partial charge in [-0.25, -0.2) is 4.99 Å². The highest BCUT2D eigenvalue weighted by Crippen LogP contribution is 2.35. The van der Waals surface area contributed by atoms with E-state index in [4.69, 9.17) is 8.83 Å². The maximum atomic E-state index is 13.0. The van der Waals surface area contributed by atoms with Gasteiger partial charge in [0.15, 0.2) is 5.17 Å². The van der Waals surface area contributed by atoms with E-state index in [1.807, 2.05) is 68.5 Å². The summed E-state index contributed by atoms with van der Waals surface area (Å²) in [6, 6.07) is 15.2. The minimum Gasteiger partial charge on any atom is -0.467 e. The number of amidine groups is 1. The van der Waals surface area contributed by atoms with Crippen LogP contribution >= 0.6 is 11.8 Å². The molecule has 0 radical (unpaired) electrons. The summed E-state index contributed by atoms with van der Waals surface area (Å²) in [7, 11) is 0. The summed E-state index contributed by atoms with van der Waals surface area (Å²) < 4.78 is 11.0. The molecule has 1 saturated heterocycles. The predicted molar refractivity (Wildman–Crippen MR) is 107 cm³/mol. The fraction of sp³-hybridized carbons (Fsp3) is 0.143. The number of furan rings is 2. The average Bonchev–Trinajstić information content (AvgIpc) is 3.34. The van der Waals surface area contributed by atoms with Crippen LogP contribution in [-0.4, -0.2) is 16.0 Å². The van der Waals surface area contributed by atoms with Crippen molar-refractivity contribution in [3.8, 4) is 0 Å². The SMILES string of the molecule is Cc1cc(/C=C2\SC(=Nc3ccccc3)N(Cc3ccco3)C2=O)c(C)o1. The van der Waals surface area contributed by atoms with Crippen molar-refractivity contribution in [2.24, 2.45) is 4.99 Å². The van der Waals surface area contributed by atoms with Crippen molar-refractivity contribution in [3.05, 3.63) is 82.5 Å². The van der Waals surface area contributed by atoms with Crippen LogP contribution in [0.25, 0.3) is 6.08 Å². The Kier molecular flexibility index (Phi) is 4.73. The Morgan fingerprint density at radius 3 is 2.63 bits per heavy atom. The first-order valence-corrected chi connectivity index (χ1v) is 9.36. The molecule has 1 amide bonds. The number of nitrogens with zero attached hydrogens (tertiary/aromatic N) is 2. The molecular formula is C21H18N2O3S. The van der Waals surface area contributed by atoms with E-state index >= 15 is 0 Å². The Balaban J connectivity index is 1.71. The molecule has 0 N–H and O–H groups in total. The van der Waals surface area contributed by atoms with Crippen LogP contribution in [0.2, 0.25) is 0 Å². The number of amides is 1. The Morgan fingerprint density at radius 1 is 1.15 bits per heavy atom. The molecule has 4 rings (SSSR count). The minimum absolute atomic E-state index is 0.0932. The molecule has 0 saturated carbocycles. The summed E-state index contributed by atoms with van der Waals surface area (Å²) in [6.07, 6.45) is 3.47. The summed E-state index contributed by atoms with van der Waals surface area (Å²) in [5.41, 5.74) is 1.70. The van der Waals surface area contributed by atoms with E-state index in [1.165, 1.54) is 11.8 Å². The fourth-order valence-electron chi connectivity index (χ4n) is 2.84. The van der Waals surface area contributed by atoms with E-state index in [9.17, 15) is 4.79 Å². The lowest BCUT2D eigenvalue weighted by Gasteiger charge is -2.13. The number of carbonyl (C=O) groups excluding carboxylic acids is 1. The maximum absolute atomic E-state index is 13.0. The van der Waals surface area contributed by atoms with Crippen molar-refractivity contribution in [2.75, 3.05) is 0 Å². The molecule has 0 bridgehead atoms. The van der Waals surface area contributed by atoms with Crippen molar-refractivity contribution < 1.29 is 13.6 Å². The average molecular weight is 378 g/mol. The van der Waals surface area contributed by atoms with Crippen molar-refractivity contribution in [1.29, 1.82) is 0 Å². The van der Waals surface area contributed by atoms with Gasteiger partial charge in [-0.1, -0.05) is 18.2 Å². The van der Waals surface area contributed by atoms with Gasteiger partial charge in [-0.2, -0.15) is 0 Å². The van der Waals surface area contributed by atoms with E-state index < -0.39 is 0 Å². The summed E-state index contributed by atoms with van der Waals surface area (Å²) >= 11 is 1.36. The Labute approximate surface area is 161 Å². The van der Waals surface area contributed by atoms with Gasteiger partial charge in [-0.15, -0.1) is 0 Å². The molecule has 0 unspecified atom stereocenters.